The molecule has 15 heavy (non-hydrogen) atoms. The van der Waals surface area contributed by atoms with E-state index in [1.807, 2.05) is 0 Å². The zero-order chi connectivity index (χ0) is 12.7. The average molecular weight is 213 g/mol. The predicted molar refractivity (Wildman–Crippen MR) is 70.2 cm³/mol. The van der Waals surface area contributed by atoms with E-state index in [0.717, 1.165) is 0 Å². The van der Waals surface area contributed by atoms with Gasteiger partial charge >= 0.3 is 0 Å². The third-order valence-electron chi connectivity index (χ3n) is 4.12. The molecule has 0 fully saturated rings. The zero-order valence-electron chi connectivity index (χ0n) is 12.5. The minimum absolute atomic E-state index is 0.115. The lowest BCUT2D eigenvalue weighted by atomic mass is 9.59. The van der Waals surface area contributed by atoms with Gasteiger partial charge in [0.1, 0.15) is 0 Å². The highest BCUT2D eigenvalue weighted by Crippen LogP contribution is 2.46. The van der Waals surface area contributed by atoms with Gasteiger partial charge in [-0.1, -0.05) is 34.6 Å². The van der Waals surface area contributed by atoms with Crippen molar-refractivity contribution in [2.75, 3.05) is 0 Å². The van der Waals surface area contributed by atoms with Crippen molar-refractivity contribution in [1.82, 2.24) is 5.32 Å². The van der Waals surface area contributed by atoms with Crippen LogP contribution in [0.15, 0.2) is 0 Å². The van der Waals surface area contributed by atoms with Crippen molar-refractivity contribution in [2.24, 2.45) is 10.8 Å². The molecule has 1 heteroatoms. The highest BCUT2D eigenvalue weighted by Gasteiger charge is 2.46. The second kappa shape index (κ2) is 3.76. The molecule has 0 bridgehead atoms. The summed E-state index contributed by atoms with van der Waals surface area (Å²) in [5.74, 6) is 0. The molecule has 0 saturated heterocycles. The molecule has 0 aliphatic rings. The molecule has 0 aliphatic heterocycles. The number of rotatable bonds is 2. The smallest absolute Gasteiger partial charge is 0.0185 e. The summed E-state index contributed by atoms with van der Waals surface area (Å²) in [7, 11) is 0. The first-order valence-electron chi connectivity index (χ1n) is 6.00. The molecule has 0 saturated carbocycles. The van der Waals surface area contributed by atoms with Crippen molar-refractivity contribution in [1.29, 1.82) is 0 Å². The van der Waals surface area contributed by atoms with Crippen molar-refractivity contribution in [2.45, 2.75) is 80.3 Å². The Bertz CT molecular complexity index is 210. The third kappa shape index (κ3) is 3.48. The Kier molecular flexibility index (Phi) is 3.75. The van der Waals surface area contributed by atoms with Crippen LogP contribution in [0.2, 0.25) is 0 Å². The first-order chi connectivity index (χ1) is 6.21. The third-order valence-corrected chi connectivity index (χ3v) is 4.12. The van der Waals surface area contributed by atoms with Crippen LogP contribution < -0.4 is 5.32 Å². The molecule has 0 radical (unpaired) electrons. The standard InChI is InChI=1S/C14H31N/c1-11(2,3)13(7,8)14(9,10)15-12(4,5)6/h15H,1-10H3. The Morgan fingerprint density at radius 2 is 0.933 bits per heavy atom. The van der Waals surface area contributed by atoms with Crippen LogP contribution in [-0.4, -0.2) is 11.1 Å². The van der Waals surface area contributed by atoms with E-state index in [1.165, 1.54) is 0 Å². The van der Waals surface area contributed by atoms with Crippen LogP contribution in [0.1, 0.15) is 69.2 Å². The topological polar surface area (TPSA) is 12.0 Å². The van der Waals surface area contributed by atoms with Crippen molar-refractivity contribution < 1.29 is 0 Å². The van der Waals surface area contributed by atoms with E-state index in [-0.39, 0.29) is 21.9 Å². The maximum atomic E-state index is 3.74. The summed E-state index contributed by atoms with van der Waals surface area (Å²) in [6, 6.07) is 0. The van der Waals surface area contributed by atoms with E-state index in [0.29, 0.717) is 0 Å². The van der Waals surface area contributed by atoms with Crippen molar-refractivity contribution in [3.05, 3.63) is 0 Å². The van der Waals surface area contributed by atoms with Crippen LogP contribution in [-0.2, 0) is 0 Å². The van der Waals surface area contributed by atoms with Crippen LogP contribution in [0.5, 0.6) is 0 Å². The van der Waals surface area contributed by atoms with E-state index >= 15 is 0 Å². The highest BCUT2D eigenvalue weighted by molar-refractivity contribution is 5.02. The molecule has 0 spiro atoms. The normalized spacial score (nSPS) is 15.6. The van der Waals surface area contributed by atoms with E-state index in [9.17, 15) is 0 Å². The van der Waals surface area contributed by atoms with Crippen LogP contribution >= 0.6 is 0 Å². The summed E-state index contributed by atoms with van der Waals surface area (Å²) in [5, 5.41) is 3.74. The minimum atomic E-state index is 0.115. The van der Waals surface area contributed by atoms with E-state index in [1.54, 1.807) is 0 Å². The lowest BCUT2D eigenvalue weighted by molar-refractivity contribution is 0.0126. The van der Waals surface area contributed by atoms with Gasteiger partial charge in [0.2, 0.25) is 0 Å². The first kappa shape index (κ1) is 15.0. The average Bonchev–Trinajstić information content (AvgIpc) is 1.77. The maximum Gasteiger partial charge on any atom is 0.0185 e. The van der Waals surface area contributed by atoms with Crippen LogP contribution in [0.3, 0.4) is 0 Å². The Hall–Kier alpha value is -0.0400. The van der Waals surface area contributed by atoms with Crippen LogP contribution in [0, 0.1) is 10.8 Å². The molecule has 92 valence electrons. The summed E-state index contributed by atoms with van der Waals surface area (Å²) in [5.41, 5.74) is 0.789. The molecule has 0 aromatic carbocycles. The SMILES string of the molecule is CC(C)(C)NC(C)(C)C(C)(C)C(C)(C)C. The van der Waals surface area contributed by atoms with Gasteiger partial charge in [0.25, 0.3) is 0 Å². The van der Waals surface area contributed by atoms with Crippen LogP contribution in [0.4, 0.5) is 0 Å². The molecule has 0 atom stereocenters. The Morgan fingerprint density at radius 3 is 1.13 bits per heavy atom. The van der Waals surface area contributed by atoms with E-state index < -0.39 is 0 Å². The van der Waals surface area contributed by atoms with Gasteiger partial charge in [0.15, 0.2) is 0 Å². The summed E-state index contributed by atoms with van der Waals surface area (Å²) >= 11 is 0. The molecular weight excluding hydrogens is 182 g/mol. The monoisotopic (exact) mass is 213 g/mol. The Morgan fingerprint density at radius 1 is 0.600 bits per heavy atom. The summed E-state index contributed by atoms with van der Waals surface area (Å²) in [6.07, 6.45) is 0. The largest absolute Gasteiger partial charge is 0.307 e. The number of hydrogen-bond acceptors (Lipinski definition) is 1. The maximum absolute atomic E-state index is 3.74. The van der Waals surface area contributed by atoms with Gasteiger partial charge in [-0.05, 0) is 45.4 Å². The van der Waals surface area contributed by atoms with Gasteiger partial charge in [-0.2, -0.15) is 0 Å². The van der Waals surface area contributed by atoms with Crippen LogP contribution in [0.25, 0.3) is 0 Å². The second-order valence-corrected chi connectivity index (χ2v) is 7.88. The van der Waals surface area contributed by atoms with Crippen molar-refractivity contribution >= 4 is 0 Å². The second-order valence-electron chi connectivity index (χ2n) is 7.88. The Labute approximate surface area is 97.0 Å². The molecule has 0 rings (SSSR count). The Balaban J connectivity index is 5.03. The van der Waals surface area contributed by atoms with Gasteiger partial charge in [0.05, 0.1) is 0 Å². The zero-order valence-corrected chi connectivity index (χ0v) is 12.5. The number of hydrogen-bond donors (Lipinski definition) is 1. The molecule has 0 aliphatic carbocycles. The lowest BCUT2D eigenvalue weighted by Crippen LogP contribution is -2.61. The van der Waals surface area contributed by atoms with E-state index in [2.05, 4.69) is 74.6 Å². The fraction of sp³-hybridized carbons (Fsp3) is 1.00. The first-order valence-corrected chi connectivity index (χ1v) is 6.00. The molecule has 0 heterocycles. The summed E-state index contributed by atoms with van der Waals surface area (Å²) < 4.78 is 0. The predicted octanol–water partition coefficient (Wildman–Crippen LogP) is 4.23. The van der Waals surface area contributed by atoms with E-state index in [4.69, 9.17) is 0 Å². The van der Waals surface area contributed by atoms with Gasteiger partial charge < -0.3 is 5.32 Å². The fourth-order valence-electron chi connectivity index (χ4n) is 2.03. The molecule has 1 N–H and O–H groups in total. The quantitative estimate of drug-likeness (QED) is 0.724. The minimum Gasteiger partial charge on any atom is -0.307 e. The summed E-state index contributed by atoms with van der Waals surface area (Å²) in [6.45, 7) is 23.0. The molecule has 0 unspecified atom stereocenters. The van der Waals surface area contributed by atoms with Gasteiger partial charge in [-0.25, -0.2) is 0 Å². The summed E-state index contributed by atoms with van der Waals surface area (Å²) in [4.78, 5) is 0. The highest BCUT2D eigenvalue weighted by atomic mass is 15.0. The molecule has 0 amide bonds. The molecule has 1 nitrogen and oxygen atoms in total. The lowest BCUT2D eigenvalue weighted by Gasteiger charge is -2.53. The molecule has 0 aromatic rings. The van der Waals surface area contributed by atoms with Gasteiger partial charge in [-0.3, -0.25) is 0 Å². The molecular formula is C14H31N. The van der Waals surface area contributed by atoms with Gasteiger partial charge in [0, 0.05) is 11.1 Å². The fourth-order valence-corrected chi connectivity index (χ4v) is 2.03. The van der Waals surface area contributed by atoms with Gasteiger partial charge in [-0.15, -0.1) is 0 Å². The number of nitrogens with one attached hydrogen (secondary N) is 1. The van der Waals surface area contributed by atoms with Crippen molar-refractivity contribution in [3.63, 3.8) is 0 Å². The molecule has 0 aromatic heterocycles. The van der Waals surface area contributed by atoms with Crippen molar-refractivity contribution in [3.8, 4) is 0 Å².